The summed E-state index contributed by atoms with van der Waals surface area (Å²) in [4.78, 5) is 32.3. The van der Waals surface area contributed by atoms with Gasteiger partial charge in [0.2, 0.25) is 0 Å². The third-order valence-corrected chi connectivity index (χ3v) is 6.14. The van der Waals surface area contributed by atoms with Crippen LogP contribution in [-0.4, -0.2) is 21.8 Å². The highest BCUT2D eigenvalue weighted by Gasteiger charge is 2.47. The summed E-state index contributed by atoms with van der Waals surface area (Å²) in [6.45, 7) is 1.82. The van der Waals surface area contributed by atoms with Gasteiger partial charge in [-0.25, -0.2) is 0 Å². The third kappa shape index (κ3) is 3.47. The number of aryl methyl sites for hydroxylation is 1. The first-order chi connectivity index (χ1) is 16.0. The highest BCUT2D eigenvalue weighted by Crippen LogP contribution is 2.43. The van der Waals surface area contributed by atoms with E-state index >= 15 is 0 Å². The van der Waals surface area contributed by atoms with Crippen LogP contribution in [0.5, 0.6) is 0 Å². The van der Waals surface area contributed by atoms with Crippen LogP contribution in [-0.2, 0) is 9.59 Å². The Bertz CT molecular complexity index is 1440. The number of nitrogens with zero attached hydrogens (tertiary/aromatic N) is 2. The largest absolute Gasteiger partial charge is 0.507 e. The van der Waals surface area contributed by atoms with Gasteiger partial charge in [0.05, 0.1) is 11.6 Å². The Kier molecular flexibility index (Phi) is 5.19. The van der Waals surface area contributed by atoms with Crippen molar-refractivity contribution in [2.24, 2.45) is 0 Å². The van der Waals surface area contributed by atoms with Crippen LogP contribution >= 0.6 is 11.6 Å². The fourth-order valence-corrected chi connectivity index (χ4v) is 4.63. The molecule has 1 amide bonds. The quantitative estimate of drug-likeness (QED) is 0.240. The van der Waals surface area contributed by atoms with E-state index in [1.165, 1.54) is 4.90 Å². The number of amides is 1. The Morgan fingerprint density at radius 1 is 1.00 bits per heavy atom. The molecule has 1 atom stereocenters. The van der Waals surface area contributed by atoms with Crippen molar-refractivity contribution in [3.05, 3.63) is 112 Å². The summed E-state index contributed by atoms with van der Waals surface area (Å²) < 4.78 is 0. The number of rotatable bonds is 3. The zero-order valence-corrected chi connectivity index (χ0v) is 18.5. The van der Waals surface area contributed by atoms with E-state index in [-0.39, 0.29) is 11.3 Å². The molecule has 3 aromatic carbocycles. The second-order valence-corrected chi connectivity index (χ2v) is 8.35. The summed E-state index contributed by atoms with van der Waals surface area (Å²) in [6, 6.07) is 20.9. The van der Waals surface area contributed by atoms with Gasteiger partial charge in [-0.05, 0) is 53.1 Å². The molecule has 2 heterocycles. The zero-order valence-electron chi connectivity index (χ0n) is 17.7. The maximum Gasteiger partial charge on any atom is 0.300 e. The van der Waals surface area contributed by atoms with E-state index < -0.39 is 17.7 Å². The number of hydrogen-bond donors (Lipinski definition) is 1. The number of aliphatic hydroxyl groups excluding tert-OH is 1. The maximum absolute atomic E-state index is 13.3. The van der Waals surface area contributed by atoms with Crippen molar-refractivity contribution < 1.29 is 14.7 Å². The molecule has 1 aliphatic heterocycles. The molecule has 1 fully saturated rings. The van der Waals surface area contributed by atoms with Crippen molar-refractivity contribution in [3.8, 4) is 0 Å². The highest BCUT2D eigenvalue weighted by molar-refractivity contribution is 6.52. The molecule has 5 rings (SSSR count). The van der Waals surface area contributed by atoms with E-state index in [9.17, 15) is 14.7 Å². The Labute approximate surface area is 195 Å². The molecule has 4 aromatic rings. The van der Waals surface area contributed by atoms with Gasteiger partial charge in [-0.2, -0.15) is 0 Å². The third-order valence-electron chi connectivity index (χ3n) is 5.91. The minimum absolute atomic E-state index is 0.0266. The molecule has 162 valence electrons. The Balaban J connectivity index is 1.79. The minimum atomic E-state index is -0.836. The lowest BCUT2D eigenvalue weighted by molar-refractivity contribution is -0.132. The smallest absolute Gasteiger partial charge is 0.300 e. The van der Waals surface area contributed by atoms with Crippen LogP contribution < -0.4 is 4.90 Å². The van der Waals surface area contributed by atoms with Crippen molar-refractivity contribution in [2.75, 3.05) is 4.90 Å². The molecule has 1 saturated heterocycles. The van der Waals surface area contributed by atoms with E-state index in [0.717, 1.165) is 16.3 Å². The van der Waals surface area contributed by atoms with E-state index in [0.29, 0.717) is 21.8 Å². The molecule has 1 aromatic heterocycles. The molecule has 0 radical (unpaired) electrons. The topological polar surface area (TPSA) is 70.5 Å². The number of aliphatic hydroxyl groups is 1. The molecule has 1 unspecified atom stereocenters. The number of pyridine rings is 1. The minimum Gasteiger partial charge on any atom is -0.507 e. The summed E-state index contributed by atoms with van der Waals surface area (Å²) in [5, 5.41) is 13.7. The molecule has 6 heteroatoms. The fourth-order valence-electron chi connectivity index (χ4n) is 4.40. The van der Waals surface area contributed by atoms with Gasteiger partial charge in [-0.15, -0.1) is 0 Å². The van der Waals surface area contributed by atoms with Crippen LogP contribution in [0, 0.1) is 6.92 Å². The Hall–Kier alpha value is -3.96. The number of carbonyl (C=O) groups excluding carboxylic acids is 2. The number of anilines is 1. The summed E-state index contributed by atoms with van der Waals surface area (Å²) in [7, 11) is 0. The first kappa shape index (κ1) is 20.9. The molecular formula is C27H19ClN2O3. The van der Waals surface area contributed by atoms with E-state index in [1.807, 2.05) is 43.3 Å². The van der Waals surface area contributed by atoms with Crippen LogP contribution in [0.2, 0.25) is 5.02 Å². The lowest BCUT2D eigenvalue weighted by Crippen LogP contribution is -2.30. The molecule has 1 aliphatic rings. The van der Waals surface area contributed by atoms with Gasteiger partial charge in [0.15, 0.2) is 0 Å². The number of aromatic nitrogens is 1. The second-order valence-electron chi connectivity index (χ2n) is 7.91. The molecule has 0 aliphatic carbocycles. The van der Waals surface area contributed by atoms with Crippen LogP contribution in [0.1, 0.15) is 22.7 Å². The lowest BCUT2D eigenvalue weighted by atomic mass is 9.94. The van der Waals surface area contributed by atoms with Gasteiger partial charge in [0.1, 0.15) is 5.76 Å². The number of benzene rings is 3. The molecule has 0 bridgehead atoms. The molecule has 0 saturated carbocycles. The molecular weight excluding hydrogens is 436 g/mol. The second kappa shape index (κ2) is 8.19. The first-order valence-electron chi connectivity index (χ1n) is 10.4. The zero-order chi connectivity index (χ0) is 23.1. The van der Waals surface area contributed by atoms with E-state index in [1.54, 1.807) is 48.8 Å². The van der Waals surface area contributed by atoms with Crippen molar-refractivity contribution in [3.63, 3.8) is 0 Å². The summed E-state index contributed by atoms with van der Waals surface area (Å²) in [5.74, 6) is -1.67. The van der Waals surface area contributed by atoms with E-state index in [2.05, 4.69) is 4.98 Å². The van der Waals surface area contributed by atoms with Crippen molar-refractivity contribution >= 4 is 45.5 Å². The van der Waals surface area contributed by atoms with Crippen LogP contribution in [0.4, 0.5) is 5.69 Å². The fraction of sp³-hybridized carbons (Fsp3) is 0.0741. The predicted octanol–water partition coefficient (Wildman–Crippen LogP) is 5.82. The standard InChI is InChI=1S/C27H19ClN2O3/c1-16-14-19(28)11-12-22(16)30-24(18-8-5-13-29-15-18)23(26(32)27(30)33)25(31)21-10-4-7-17-6-2-3-9-20(17)21/h2-15,24,31H,1H3/b25-23-. The number of halogens is 1. The average molecular weight is 455 g/mol. The Morgan fingerprint density at radius 3 is 2.55 bits per heavy atom. The normalized spacial score (nSPS) is 17.6. The van der Waals surface area contributed by atoms with Gasteiger partial charge in [0, 0.05) is 28.7 Å². The number of hydrogen-bond acceptors (Lipinski definition) is 4. The molecule has 33 heavy (non-hydrogen) atoms. The summed E-state index contributed by atoms with van der Waals surface area (Å²) in [6.07, 6.45) is 3.22. The van der Waals surface area contributed by atoms with Gasteiger partial charge in [-0.3, -0.25) is 19.5 Å². The highest BCUT2D eigenvalue weighted by atomic mass is 35.5. The van der Waals surface area contributed by atoms with Gasteiger partial charge in [-0.1, -0.05) is 60.1 Å². The van der Waals surface area contributed by atoms with Gasteiger partial charge < -0.3 is 5.11 Å². The summed E-state index contributed by atoms with van der Waals surface area (Å²) in [5.41, 5.74) is 2.43. The maximum atomic E-state index is 13.3. The van der Waals surface area contributed by atoms with Crippen LogP contribution in [0.3, 0.4) is 0 Å². The SMILES string of the molecule is Cc1cc(Cl)ccc1N1C(=O)C(=O)/C(=C(\O)c2cccc3ccccc23)C1c1cccnc1. The number of Topliss-reactive ketones (excluding diaryl/α,β-unsaturated/α-hetero) is 1. The Morgan fingerprint density at radius 2 is 1.79 bits per heavy atom. The van der Waals surface area contributed by atoms with Crippen LogP contribution in [0.15, 0.2) is 90.8 Å². The van der Waals surface area contributed by atoms with E-state index in [4.69, 9.17) is 11.6 Å². The number of fused-ring (bicyclic) bond motifs is 1. The lowest BCUT2D eigenvalue weighted by Gasteiger charge is -2.26. The monoisotopic (exact) mass is 454 g/mol. The predicted molar refractivity (Wildman–Crippen MR) is 129 cm³/mol. The summed E-state index contributed by atoms with van der Waals surface area (Å²) >= 11 is 6.13. The van der Waals surface area contributed by atoms with Crippen LogP contribution in [0.25, 0.3) is 16.5 Å². The average Bonchev–Trinajstić information content (AvgIpc) is 3.09. The molecule has 0 spiro atoms. The first-order valence-corrected chi connectivity index (χ1v) is 10.8. The van der Waals surface area contributed by atoms with Gasteiger partial charge in [0.25, 0.3) is 11.7 Å². The molecule has 5 nitrogen and oxygen atoms in total. The van der Waals surface area contributed by atoms with Crippen molar-refractivity contribution in [1.29, 1.82) is 0 Å². The van der Waals surface area contributed by atoms with Crippen molar-refractivity contribution in [1.82, 2.24) is 4.98 Å². The van der Waals surface area contributed by atoms with Crippen molar-refractivity contribution in [2.45, 2.75) is 13.0 Å². The van der Waals surface area contributed by atoms with Gasteiger partial charge >= 0.3 is 0 Å². The molecule has 1 N–H and O–H groups in total. The number of ketones is 1. The number of carbonyl (C=O) groups is 2.